The van der Waals surface area contributed by atoms with E-state index < -0.39 is 5.60 Å². The van der Waals surface area contributed by atoms with E-state index in [0.717, 1.165) is 22.6 Å². The normalized spacial score (nSPS) is 16.1. The summed E-state index contributed by atoms with van der Waals surface area (Å²) in [6, 6.07) is 16.1. The van der Waals surface area contributed by atoms with Gasteiger partial charge in [-0.1, -0.05) is 47.6 Å². The average molecular weight is 445 g/mol. The SMILES string of the molecule is Cc1nccc(-c2ccc(-c3noc(CN4CCC(O)(c5ccccc5F)CC4)n3)cc2)n1. The lowest BCUT2D eigenvalue weighted by Gasteiger charge is -2.38. The number of aryl methyl sites for hydroxylation is 1. The van der Waals surface area contributed by atoms with Crippen molar-refractivity contribution in [2.24, 2.45) is 0 Å². The van der Waals surface area contributed by atoms with Crippen molar-refractivity contribution in [2.75, 3.05) is 13.1 Å². The molecule has 0 saturated carbocycles. The first-order chi connectivity index (χ1) is 16.0. The van der Waals surface area contributed by atoms with Gasteiger partial charge in [0.1, 0.15) is 11.6 Å². The Morgan fingerprint density at radius 2 is 1.73 bits per heavy atom. The monoisotopic (exact) mass is 445 g/mol. The number of nitrogens with zero attached hydrogens (tertiary/aromatic N) is 5. The summed E-state index contributed by atoms with van der Waals surface area (Å²) in [7, 11) is 0. The topological polar surface area (TPSA) is 88.2 Å². The Morgan fingerprint density at radius 3 is 2.45 bits per heavy atom. The maximum absolute atomic E-state index is 14.2. The summed E-state index contributed by atoms with van der Waals surface area (Å²) < 4.78 is 19.6. The molecule has 5 rings (SSSR count). The lowest BCUT2D eigenvalue weighted by molar-refractivity contribution is -0.0320. The Balaban J connectivity index is 1.22. The zero-order valence-corrected chi connectivity index (χ0v) is 18.3. The second-order valence-corrected chi connectivity index (χ2v) is 8.37. The standard InChI is InChI=1S/C25H24FN5O2/c1-17-27-13-10-22(28-17)18-6-8-19(9-7-18)24-29-23(33-30-24)16-31-14-11-25(32,12-15-31)20-4-2-3-5-21(20)26/h2-10,13,32H,11-12,14-16H2,1H3. The third-order valence-electron chi connectivity index (χ3n) is 6.10. The molecule has 8 heteroatoms. The van der Waals surface area contributed by atoms with Crippen LogP contribution in [0.4, 0.5) is 4.39 Å². The van der Waals surface area contributed by atoms with E-state index in [1.54, 1.807) is 24.4 Å². The molecular formula is C25H24FN5O2. The fourth-order valence-electron chi connectivity index (χ4n) is 4.22. The molecule has 1 saturated heterocycles. The van der Waals surface area contributed by atoms with Crippen LogP contribution in [-0.4, -0.2) is 43.2 Å². The third-order valence-corrected chi connectivity index (χ3v) is 6.10. The molecule has 2 aromatic heterocycles. The van der Waals surface area contributed by atoms with Crippen molar-refractivity contribution >= 4 is 0 Å². The fraction of sp³-hybridized carbons (Fsp3) is 0.280. The summed E-state index contributed by atoms with van der Waals surface area (Å²) in [6.07, 6.45) is 2.63. The highest BCUT2D eigenvalue weighted by molar-refractivity contribution is 5.64. The first-order valence-corrected chi connectivity index (χ1v) is 10.9. The molecule has 0 bridgehead atoms. The van der Waals surface area contributed by atoms with Crippen molar-refractivity contribution in [1.82, 2.24) is 25.0 Å². The molecule has 1 N–H and O–H groups in total. The number of rotatable bonds is 5. The lowest BCUT2D eigenvalue weighted by Crippen LogP contribution is -2.42. The molecule has 0 unspecified atom stereocenters. The molecule has 2 aromatic carbocycles. The van der Waals surface area contributed by atoms with Crippen molar-refractivity contribution in [2.45, 2.75) is 31.9 Å². The van der Waals surface area contributed by atoms with Crippen LogP contribution in [0.25, 0.3) is 22.6 Å². The summed E-state index contributed by atoms with van der Waals surface area (Å²) in [4.78, 5) is 15.2. The molecule has 1 aliphatic rings. The molecule has 0 spiro atoms. The number of aliphatic hydroxyl groups is 1. The van der Waals surface area contributed by atoms with E-state index in [0.29, 0.717) is 49.8 Å². The van der Waals surface area contributed by atoms with Gasteiger partial charge in [-0.25, -0.2) is 14.4 Å². The van der Waals surface area contributed by atoms with Crippen LogP contribution in [0.1, 0.15) is 30.1 Å². The number of piperidine rings is 1. The molecule has 0 atom stereocenters. The van der Waals surface area contributed by atoms with Crippen LogP contribution >= 0.6 is 0 Å². The number of benzene rings is 2. The Hall–Kier alpha value is -3.49. The molecule has 0 radical (unpaired) electrons. The predicted molar refractivity (Wildman–Crippen MR) is 120 cm³/mol. The molecule has 0 aliphatic carbocycles. The fourth-order valence-corrected chi connectivity index (χ4v) is 4.22. The lowest BCUT2D eigenvalue weighted by atomic mass is 9.84. The Kier molecular flexibility index (Phi) is 5.70. The highest BCUT2D eigenvalue weighted by atomic mass is 19.1. The molecule has 1 aliphatic heterocycles. The van der Waals surface area contributed by atoms with E-state index in [-0.39, 0.29) is 5.82 Å². The Morgan fingerprint density at radius 1 is 1.00 bits per heavy atom. The van der Waals surface area contributed by atoms with Gasteiger partial charge in [-0.15, -0.1) is 0 Å². The molecule has 168 valence electrons. The van der Waals surface area contributed by atoms with E-state index >= 15 is 0 Å². The summed E-state index contributed by atoms with van der Waals surface area (Å²) in [6.45, 7) is 3.56. The van der Waals surface area contributed by atoms with Gasteiger partial charge in [0.15, 0.2) is 0 Å². The minimum Gasteiger partial charge on any atom is -0.385 e. The van der Waals surface area contributed by atoms with E-state index in [2.05, 4.69) is 25.0 Å². The number of aromatic nitrogens is 4. The maximum Gasteiger partial charge on any atom is 0.241 e. The van der Waals surface area contributed by atoms with E-state index in [9.17, 15) is 9.50 Å². The minimum atomic E-state index is -1.15. The van der Waals surface area contributed by atoms with E-state index in [1.807, 2.05) is 37.3 Å². The molecule has 7 nitrogen and oxygen atoms in total. The van der Waals surface area contributed by atoms with E-state index in [4.69, 9.17) is 4.52 Å². The Bertz CT molecular complexity index is 1250. The molecule has 3 heterocycles. The Labute approximate surface area is 190 Å². The van der Waals surface area contributed by atoms with Gasteiger partial charge >= 0.3 is 0 Å². The first kappa shape index (κ1) is 21.4. The zero-order chi connectivity index (χ0) is 22.8. The van der Waals surface area contributed by atoms with E-state index in [1.165, 1.54) is 6.07 Å². The van der Waals surface area contributed by atoms with Gasteiger partial charge in [0.25, 0.3) is 0 Å². The minimum absolute atomic E-state index is 0.365. The van der Waals surface area contributed by atoms with Crippen molar-refractivity contribution in [3.05, 3.63) is 83.9 Å². The molecule has 0 amide bonds. The summed E-state index contributed by atoms with van der Waals surface area (Å²) in [5, 5.41) is 15.1. The van der Waals surface area contributed by atoms with Gasteiger partial charge in [-0.05, 0) is 31.9 Å². The summed E-state index contributed by atoms with van der Waals surface area (Å²) in [5.41, 5.74) is 1.93. The van der Waals surface area contributed by atoms with Crippen LogP contribution in [0.15, 0.2) is 65.3 Å². The van der Waals surface area contributed by atoms with Crippen molar-refractivity contribution in [3.63, 3.8) is 0 Å². The molecule has 4 aromatic rings. The number of likely N-dealkylation sites (tertiary alicyclic amines) is 1. The van der Waals surface area contributed by atoms with Crippen LogP contribution in [0, 0.1) is 12.7 Å². The second-order valence-electron chi connectivity index (χ2n) is 8.37. The number of hydrogen-bond acceptors (Lipinski definition) is 7. The predicted octanol–water partition coefficient (Wildman–Crippen LogP) is 4.12. The van der Waals surface area contributed by atoms with Gasteiger partial charge in [-0.2, -0.15) is 4.98 Å². The van der Waals surface area contributed by atoms with Gasteiger partial charge in [-0.3, -0.25) is 4.90 Å². The maximum atomic E-state index is 14.2. The summed E-state index contributed by atoms with van der Waals surface area (Å²) in [5.74, 6) is 1.40. The van der Waals surface area contributed by atoms with Crippen LogP contribution in [0.3, 0.4) is 0 Å². The third kappa shape index (κ3) is 4.53. The van der Waals surface area contributed by atoms with Crippen LogP contribution < -0.4 is 0 Å². The van der Waals surface area contributed by atoms with Gasteiger partial charge in [0.2, 0.25) is 11.7 Å². The highest BCUT2D eigenvalue weighted by Crippen LogP contribution is 2.34. The largest absolute Gasteiger partial charge is 0.385 e. The summed E-state index contributed by atoms with van der Waals surface area (Å²) >= 11 is 0. The smallest absolute Gasteiger partial charge is 0.241 e. The van der Waals surface area contributed by atoms with Crippen molar-refractivity contribution in [3.8, 4) is 22.6 Å². The molecule has 33 heavy (non-hydrogen) atoms. The van der Waals surface area contributed by atoms with Gasteiger partial charge in [0.05, 0.1) is 17.8 Å². The molecule has 1 fully saturated rings. The first-order valence-electron chi connectivity index (χ1n) is 10.9. The average Bonchev–Trinajstić information content (AvgIpc) is 3.30. The van der Waals surface area contributed by atoms with Crippen LogP contribution in [-0.2, 0) is 12.1 Å². The van der Waals surface area contributed by atoms with Gasteiger partial charge < -0.3 is 9.63 Å². The van der Waals surface area contributed by atoms with Crippen LogP contribution in [0.2, 0.25) is 0 Å². The molecular weight excluding hydrogens is 421 g/mol. The second kappa shape index (κ2) is 8.80. The van der Waals surface area contributed by atoms with Crippen molar-refractivity contribution in [1.29, 1.82) is 0 Å². The van der Waals surface area contributed by atoms with Gasteiger partial charge in [0, 0.05) is 36.0 Å². The zero-order valence-electron chi connectivity index (χ0n) is 18.3. The number of hydrogen-bond donors (Lipinski definition) is 1. The van der Waals surface area contributed by atoms with Crippen LogP contribution in [0.5, 0.6) is 0 Å². The van der Waals surface area contributed by atoms with Crippen molar-refractivity contribution < 1.29 is 14.0 Å². The highest BCUT2D eigenvalue weighted by Gasteiger charge is 2.36. The quantitative estimate of drug-likeness (QED) is 0.494. The number of halogens is 1.